The fourth-order valence-electron chi connectivity index (χ4n) is 10.4. The van der Waals surface area contributed by atoms with Gasteiger partial charge in [-0.15, -0.1) is 0 Å². The molecule has 0 aliphatic heterocycles. The molecule has 0 N–H and O–H groups in total. The minimum atomic E-state index is -2.90. The van der Waals surface area contributed by atoms with E-state index in [0.717, 1.165) is 72.0 Å². The van der Waals surface area contributed by atoms with Crippen LogP contribution in [0.3, 0.4) is 0 Å². The number of fused-ring (bicyclic) bond motifs is 6. The Kier molecular flexibility index (Phi) is 9.71. The van der Waals surface area contributed by atoms with E-state index in [0.29, 0.717) is 5.56 Å². The van der Waals surface area contributed by atoms with Crippen molar-refractivity contribution in [3.63, 3.8) is 0 Å². The van der Waals surface area contributed by atoms with Gasteiger partial charge in [-0.2, -0.15) is 5.26 Å². The molecule has 0 saturated carbocycles. The zero-order valence-corrected chi connectivity index (χ0v) is 37.3. The van der Waals surface area contributed by atoms with Crippen molar-refractivity contribution in [3.05, 3.63) is 260 Å². The first-order valence-electron chi connectivity index (χ1n) is 22.5. The fraction of sp³-hybridized carbons (Fsp3) is 0. The highest BCUT2D eigenvalue weighted by atomic mass is 28.3. The summed E-state index contributed by atoms with van der Waals surface area (Å²) < 4.78 is 19.2. The molecule has 12 rings (SSSR count). The monoisotopic (exact) mass is 876 g/mol. The van der Waals surface area contributed by atoms with Gasteiger partial charge in [-0.25, -0.2) is 4.39 Å². The zero-order chi connectivity index (χ0) is 44.9. The standard InChI is InChI=1S/C61H41FN4Si/c62-44-27-31-47(32-28-44)66-60-37-34-49(40-56(60)57-41-53(35-38-61(57)66)67(50-17-7-2-8-18-50,51-19-9-3-10-20-51)52-21-11-4-12-22-52)64(46-29-25-43(42-63)26-30-46)48-33-36-59-55(39-48)54-23-13-14-24-58(54)65(59)45-15-5-1-6-16-45/h1-41H. The lowest BCUT2D eigenvalue weighted by atomic mass is 10.1. The van der Waals surface area contributed by atoms with Crippen LogP contribution in [0.1, 0.15) is 5.56 Å². The minimum Gasteiger partial charge on any atom is -0.310 e. The van der Waals surface area contributed by atoms with E-state index in [1.54, 1.807) is 0 Å². The van der Waals surface area contributed by atoms with Gasteiger partial charge in [0.2, 0.25) is 0 Å². The van der Waals surface area contributed by atoms with E-state index in [9.17, 15) is 9.65 Å². The molecule has 0 unspecified atom stereocenters. The first kappa shape index (κ1) is 39.8. The molecule has 0 amide bonds. The maximum absolute atomic E-state index is 14.6. The molecular formula is C61H41FN4Si. The van der Waals surface area contributed by atoms with Gasteiger partial charge in [0.05, 0.1) is 33.7 Å². The van der Waals surface area contributed by atoms with Crippen LogP contribution in [0.5, 0.6) is 0 Å². The van der Waals surface area contributed by atoms with Gasteiger partial charge in [0.25, 0.3) is 0 Å². The summed E-state index contributed by atoms with van der Waals surface area (Å²) in [6.07, 6.45) is 0. The van der Waals surface area contributed by atoms with E-state index in [1.165, 1.54) is 32.9 Å². The Balaban J connectivity index is 1.14. The summed E-state index contributed by atoms with van der Waals surface area (Å²) in [7, 11) is -2.90. The van der Waals surface area contributed by atoms with Gasteiger partial charge in [-0.1, -0.05) is 140 Å². The largest absolute Gasteiger partial charge is 0.310 e. The van der Waals surface area contributed by atoms with E-state index in [2.05, 4.69) is 214 Å². The highest BCUT2D eigenvalue weighted by molar-refractivity contribution is 7.20. The summed E-state index contributed by atoms with van der Waals surface area (Å²) >= 11 is 0. The lowest BCUT2D eigenvalue weighted by molar-refractivity contribution is 0.627. The Labute approximate surface area is 388 Å². The molecule has 2 heterocycles. The Hall–Kier alpha value is -8.76. The molecule has 12 aromatic rings. The van der Waals surface area contributed by atoms with Crippen LogP contribution in [0.25, 0.3) is 55.0 Å². The summed E-state index contributed by atoms with van der Waals surface area (Å²) in [4.78, 5) is 2.29. The predicted octanol–water partition coefficient (Wildman–Crippen LogP) is 12.7. The molecule has 0 bridgehead atoms. The molecule has 316 valence electrons. The maximum atomic E-state index is 14.6. The van der Waals surface area contributed by atoms with Crippen LogP contribution in [-0.2, 0) is 0 Å². The van der Waals surface area contributed by atoms with Crippen LogP contribution < -0.4 is 25.6 Å². The third-order valence-corrected chi connectivity index (χ3v) is 18.1. The third-order valence-electron chi connectivity index (χ3n) is 13.3. The van der Waals surface area contributed by atoms with Crippen LogP contribution in [0.15, 0.2) is 249 Å². The van der Waals surface area contributed by atoms with E-state index in [4.69, 9.17) is 0 Å². The number of anilines is 3. The lowest BCUT2D eigenvalue weighted by Crippen LogP contribution is -2.74. The molecule has 0 aliphatic rings. The quantitative estimate of drug-likeness (QED) is 0.107. The zero-order valence-electron chi connectivity index (χ0n) is 36.3. The number of hydrogen-bond donors (Lipinski definition) is 0. The Morgan fingerprint density at radius 3 is 1.31 bits per heavy atom. The predicted molar refractivity (Wildman–Crippen MR) is 278 cm³/mol. The second-order valence-corrected chi connectivity index (χ2v) is 20.8. The highest BCUT2D eigenvalue weighted by Gasteiger charge is 2.41. The van der Waals surface area contributed by atoms with Crippen LogP contribution in [0, 0.1) is 17.1 Å². The summed E-state index contributed by atoms with van der Waals surface area (Å²) in [5.74, 6) is -0.277. The van der Waals surface area contributed by atoms with Gasteiger partial charge >= 0.3 is 0 Å². The molecule has 10 aromatic carbocycles. The number of halogens is 1. The van der Waals surface area contributed by atoms with Crippen molar-refractivity contribution in [2.24, 2.45) is 0 Å². The molecule has 4 nitrogen and oxygen atoms in total. The number of nitrogens with zero attached hydrogens (tertiary/aromatic N) is 4. The van der Waals surface area contributed by atoms with E-state index in [1.807, 2.05) is 42.5 Å². The maximum Gasteiger partial charge on any atom is 0.179 e. The third kappa shape index (κ3) is 6.55. The fourth-order valence-corrected chi connectivity index (χ4v) is 15.2. The van der Waals surface area contributed by atoms with E-state index >= 15 is 0 Å². The number of para-hydroxylation sites is 2. The van der Waals surface area contributed by atoms with Crippen molar-refractivity contribution >= 4 is 89.5 Å². The number of nitriles is 1. The molecule has 67 heavy (non-hydrogen) atoms. The first-order valence-corrected chi connectivity index (χ1v) is 24.5. The second kappa shape index (κ2) is 16.3. The number of rotatable bonds is 9. The molecule has 0 aliphatic carbocycles. The summed E-state index contributed by atoms with van der Waals surface area (Å²) in [6, 6.07) is 89.4. The summed E-state index contributed by atoms with van der Waals surface area (Å²) in [6.45, 7) is 0. The Morgan fingerprint density at radius 1 is 0.358 bits per heavy atom. The van der Waals surface area contributed by atoms with Crippen molar-refractivity contribution in [2.45, 2.75) is 0 Å². The van der Waals surface area contributed by atoms with Crippen LogP contribution in [0.4, 0.5) is 21.5 Å². The average Bonchev–Trinajstić information content (AvgIpc) is 3.90. The Bertz CT molecular complexity index is 3710. The van der Waals surface area contributed by atoms with Crippen LogP contribution in [0.2, 0.25) is 0 Å². The summed E-state index contributed by atoms with van der Waals surface area (Å²) in [5, 5.41) is 19.5. The topological polar surface area (TPSA) is 36.9 Å². The van der Waals surface area contributed by atoms with Gasteiger partial charge in [-0.05, 0) is 130 Å². The molecule has 6 heteroatoms. The van der Waals surface area contributed by atoms with Crippen LogP contribution >= 0.6 is 0 Å². The molecule has 0 fully saturated rings. The van der Waals surface area contributed by atoms with Gasteiger partial charge in [0.15, 0.2) is 8.07 Å². The SMILES string of the molecule is N#Cc1ccc(N(c2ccc3c(c2)c2ccccc2n3-c2ccccc2)c2ccc3c(c2)c2cc([Si](c4ccccc4)(c4ccccc4)c4ccccc4)ccc2n3-c2ccc(F)cc2)cc1. The molecule has 0 radical (unpaired) electrons. The van der Waals surface area contributed by atoms with Gasteiger partial charge in [-0.3, -0.25) is 0 Å². The second-order valence-electron chi connectivity index (χ2n) is 17.0. The average molecular weight is 877 g/mol. The molecule has 0 spiro atoms. The molecular weight excluding hydrogens is 836 g/mol. The first-order chi connectivity index (χ1) is 33.1. The highest BCUT2D eigenvalue weighted by Crippen LogP contribution is 2.42. The summed E-state index contributed by atoms with van der Waals surface area (Å²) in [5.41, 5.74) is 9.74. The van der Waals surface area contributed by atoms with Crippen molar-refractivity contribution in [1.29, 1.82) is 5.26 Å². The van der Waals surface area contributed by atoms with Crippen molar-refractivity contribution in [2.75, 3.05) is 4.90 Å². The van der Waals surface area contributed by atoms with E-state index < -0.39 is 8.07 Å². The lowest BCUT2D eigenvalue weighted by Gasteiger charge is -2.34. The van der Waals surface area contributed by atoms with Gasteiger partial charge in [0.1, 0.15) is 5.82 Å². The Morgan fingerprint density at radius 2 is 0.776 bits per heavy atom. The van der Waals surface area contributed by atoms with Gasteiger partial charge < -0.3 is 14.0 Å². The molecule has 0 atom stereocenters. The number of aromatic nitrogens is 2. The smallest absolute Gasteiger partial charge is 0.179 e. The minimum absolute atomic E-state index is 0.277. The van der Waals surface area contributed by atoms with Gasteiger partial charge in [0, 0.05) is 50.0 Å². The number of benzene rings is 10. The van der Waals surface area contributed by atoms with Crippen molar-refractivity contribution < 1.29 is 4.39 Å². The normalized spacial score (nSPS) is 11.6. The van der Waals surface area contributed by atoms with Crippen molar-refractivity contribution in [3.8, 4) is 17.4 Å². The van der Waals surface area contributed by atoms with E-state index in [-0.39, 0.29) is 5.82 Å². The van der Waals surface area contributed by atoms with Crippen molar-refractivity contribution in [1.82, 2.24) is 9.13 Å². The molecule has 2 aromatic heterocycles. The number of hydrogen-bond acceptors (Lipinski definition) is 2. The molecule has 0 saturated heterocycles. The van der Waals surface area contributed by atoms with Crippen LogP contribution in [-0.4, -0.2) is 17.2 Å².